The molecular weight excluding hydrogens is 328 g/mol. The summed E-state index contributed by atoms with van der Waals surface area (Å²) in [5.74, 6) is 1.41. The van der Waals surface area contributed by atoms with Gasteiger partial charge < -0.3 is 14.6 Å². The maximum atomic E-state index is 12.3. The van der Waals surface area contributed by atoms with E-state index in [4.69, 9.17) is 9.47 Å². The van der Waals surface area contributed by atoms with Crippen LogP contribution in [0, 0.1) is 18.8 Å². The predicted molar refractivity (Wildman–Crippen MR) is 97.2 cm³/mol. The van der Waals surface area contributed by atoms with E-state index in [0.29, 0.717) is 11.5 Å². The van der Waals surface area contributed by atoms with Crippen LogP contribution < -0.4 is 4.74 Å². The van der Waals surface area contributed by atoms with Gasteiger partial charge in [0.2, 0.25) is 0 Å². The fraction of sp³-hybridized carbons (Fsp3) is 0.500. The summed E-state index contributed by atoms with van der Waals surface area (Å²) >= 11 is 0. The highest BCUT2D eigenvalue weighted by Gasteiger charge is 2.63. The number of phenolic OH excluding ortho intramolecular Hbond substituents is 1. The maximum Gasteiger partial charge on any atom is 0.334 e. The van der Waals surface area contributed by atoms with Crippen molar-refractivity contribution in [2.24, 2.45) is 11.8 Å². The quantitative estimate of drug-likeness (QED) is 0.563. The first kappa shape index (κ1) is 16.0. The number of rotatable bonds is 0. The zero-order chi connectivity index (χ0) is 18.4. The fourth-order valence-corrected chi connectivity index (χ4v) is 5.86. The Morgan fingerprint density at radius 1 is 1.15 bits per heavy atom. The molecule has 5 atom stereocenters. The number of benzene rings is 1. The topological polar surface area (TPSA) is 55.8 Å². The third-order valence-corrected chi connectivity index (χ3v) is 7.01. The van der Waals surface area contributed by atoms with Crippen molar-refractivity contribution in [2.75, 3.05) is 0 Å². The molecule has 0 radical (unpaired) electrons. The van der Waals surface area contributed by atoms with Gasteiger partial charge in [0, 0.05) is 23.0 Å². The van der Waals surface area contributed by atoms with E-state index >= 15 is 0 Å². The molecule has 0 saturated heterocycles. The summed E-state index contributed by atoms with van der Waals surface area (Å²) in [6, 6.07) is 3.74. The lowest BCUT2D eigenvalue weighted by molar-refractivity contribution is -0.149. The molecule has 26 heavy (non-hydrogen) atoms. The summed E-state index contributed by atoms with van der Waals surface area (Å²) < 4.78 is 12.5. The number of esters is 1. The second-order valence-corrected chi connectivity index (χ2v) is 8.70. The molecule has 5 rings (SSSR count). The van der Waals surface area contributed by atoms with Crippen LogP contribution in [0.1, 0.15) is 50.7 Å². The molecule has 136 valence electrons. The number of allylic oxidation sites excluding steroid dienone is 1. The molecule has 1 aromatic rings. The highest BCUT2D eigenvalue weighted by atomic mass is 16.6. The Morgan fingerprint density at radius 3 is 2.62 bits per heavy atom. The van der Waals surface area contributed by atoms with E-state index in [2.05, 4.69) is 19.9 Å². The molecule has 4 heteroatoms. The van der Waals surface area contributed by atoms with Crippen LogP contribution in [0.3, 0.4) is 0 Å². The fourth-order valence-electron chi connectivity index (χ4n) is 5.86. The molecule has 0 unspecified atom stereocenters. The van der Waals surface area contributed by atoms with E-state index < -0.39 is 5.60 Å². The second kappa shape index (κ2) is 4.73. The number of aromatic hydroxyl groups is 1. The Morgan fingerprint density at radius 2 is 1.92 bits per heavy atom. The number of aryl methyl sites for hydroxylation is 1. The lowest BCUT2D eigenvalue weighted by Crippen LogP contribution is -2.54. The van der Waals surface area contributed by atoms with Crippen LogP contribution in [0.4, 0.5) is 0 Å². The first-order chi connectivity index (χ1) is 12.2. The summed E-state index contributed by atoms with van der Waals surface area (Å²) in [5, 5.41) is 10.4. The summed E-state index contributed by atoms with van der Waals surface area (Å²) in [6.07, 6.45) is 6.18. The van der Waals surface area contributed by atoms with E-state index in [0.717, 1.165) is 29.7 Å². The van der Waals surface area contributed by atoms with E-state index in [9.17, 15) is 9.90 Å². The van der Waals surface area contributed by atoms with Crippen molar-refractivity contribution >= 4 is 5.97 Å². The van der Waals surface area contributed by atoms with E-state index in [1.807, 2.05) is 32.1 Å². The van der Waals surface area contributed by atoms with Gasteiger partial charge in [-0.2, -0.15) is 0 Å². The summed E-state index contributed by atoms with van der Waals surface area (Å²) in [6.45, 7) is 8.03. The van der Waals surface area contributed by atoms with Gasteiger partial charge in [-0.05, 0) is 76.3 Å². The van der Waals surface area contributed by atoms with Crippen LogP contribution in [0.5, 0.6) is 11.5 Å². The first-order valence-electron chi connectivity index (χ1n) is 9.39. The van der Waals surface area contributed by atoms with Crippen molar-refractivity contribution < 1.29 is 19.4 Å². The second-order valence-electron chi connectivity index (χ2n) is 8.70. The zero-order valence-electron chi connectivity index (χ0n) is 15.6. The molecule has 0 amide bonds. The van der Waals surface area contributed by atoms with Crippen molar-refractivity contribution in [3.63, 3.8) is 0 Å². The SMILES string of the molecule is CC1=C[C@@]2(C=C(C)[C@@H]3CC[C@@]4(C)Oc5cc(C)c(O)cc5[C@@H]2[C@@H]34)OC1=O. The Labute approximate surface area is 153 Å². The van der Waals surface area contributed by atoms with Crippen molar-refractivity contribution in [1.82, 2.24) is 0 Å². The number of ether oxygens (including phenoxy) is 2. The molecule has 1 N–H and O–H groups in total. The van der Waals surface area contributed by atoms with Crippen molar-refractivity contribution in [2.45, 2.75) is 57.7 Å². The number of carbonyl (C=O) groups is 1. The van der Waals surface area contributed by atoms with Gasteiger partial charge in [0.1, 0.15) is 17.1 Å². The number of hydrogen-bond donors (Lipinski definition) is 1. The maximum absolute atomic E-state index is 12.3. The zero-order valence-corrected chi connectivity index (χ0v) is 15.6. The van der Waals surface area contributed by atoms with Crippen molar-refractivity contribution in [3.05, 3.63) is 46.6 Å². The molecule has 2 aliphatic heterocycles. The largest absolute Gasteiger partial charge is 0.508 e. The molecular formula is C22H24O4. The highest BCUT2D eigenvalue weighted by Crippen LogP contribution is 2.64. The molecule has 2 aliphatic carbocycles. The molecule has 0 bridgehead atoms. The van der Waals surface area contributed by atoms with E-state index in [1.54, 1.807) is 0 Å². The normalized spacial score (nSPS) is 39.7. The minimum Gasteiger partial charge on any atom is -0.508 e. The molecule has 4 aliphatic rings. The minimum atomic E-state index is -0.780. The molecule has 4 nitrogen and oxygen atoms in total. The van der Waals surface area contributed by atoms with Crippen LogP contribution in [0.15, 0.2) is 35.4 Å². The Hall–Kier alpha value is -2.23. The van der Waals surface area contributed by atoms with Gasteiger partial charge in [0.05, 0.1) is 0 Å². The average Bonchev–Trinajstić information content (AvgIpc) is 3.03. The van der Waals surface area contributed by atoms with Gasteiger partial charge in [-0.15, -0.1) is 0 Å². The van der Waals surface area contributed by atoms with Gasteiger partial charge in [-0.3, -0.25) is 0 Å². The summed E-state index contributed by atoms with van der Waals surface area (Å²) in [7, 11) is 0. The Bertz CT molecular complexity index is 911. The van der Waals surface area contributed by atoms with Crippen LogP contribution in [-0.2, 0) is 9.53 Å². The number of hydrogen-bond acceptors (Lipinski definition) is 4. The Balaban J connectivity index is 1.81. The van der Waals surface area contributed by atoms with Gasteiger partial charge in [-0.1, -0.05) is 5.57 Å². The smallest absolute Gasteiger partial charge is 0.334 e. The lowest BCUT2D eigenvalue weighted by atomic mass is 9.59. The molecule has 1 aromatic carbocycles. The number of phenols is 1. The van der Waals surface area contributed by atoms with Gasteiger partial charge in [0.25, 0.3) is 0 Å². The molecule has 1 fully saturated rings. The third-order valence-electron chi connectivity index (χ3n) is 7.01. The van der Waals surface area contributed by atoms with Crippen LogP contribution in [0.2, 0.25) is 0 Å². The first-order valence-corrected chi connectivity index (χ1v) is 9.39. The van der Waals surface area contributed by atoms with Crippen LogP contribution >= 0.6 is 0 Å². The molecule has 1 saturated carbocycles. The third kappa shape index (κ3) is 1.82. The Kier molecular flexibility index (Phi) is 2.91. The molecule has 2 heterocycles. The summed E-state index contributed by atoms with van der Waals surface area (Å²) in [4.78, 5) is 12.3. The number of carbonyl (C=O) groups excluding carboxylic acids is 1. The van der Waals surface area contributed by atoms with Crippen molar-refractivity contribution in [1.29, 1.82) is 0 Å². The van der Waals surface area contributed by atoms with E-state index in [-0.39, 0.29) is 29.2 Å². The van der Waals surface area contributed by atoms with E-state index in [1.165, 1.54) is 5.57 Å². The van der Waals surface area contributed by atoms with Crippen LogP contribution in [-0.4, -0.2) is 22.3 Å². The van der Waals surface area contributed by atoms with Crippen molar-refractivity contribution in [3.8, 4) is 11.5 Å². The standard InChI is InChI=1S/C22H24O4/c1-11-7-17-15(8-16(11)23)19-18-14(5-6-21(18,4)25-17)12(2)9-22(19)10-13(3)20(24)26-22/h7-10,14,18-19,23H,5-6H2,1-4H3/t14-,18+,19+,21+,22+/m0/s1. The monoisotopic (exact) mass is 352 g/mol. The highest BCUT2D eigenvalue weighted by molar-refractivity contribution is 5.91. The minimum absolute atomic E-state index is 0.0413. The average molecular weight is 352 g/mol. The lowest BCUT2D eigenvalue weighted by Gasteiger charge is -2.52. The molecule has 1 spiro atoms. The van der Waals surface area contributed by atoms with Gasteiger partial charge >= 0.3 is 5.97 Å². The predicted octanol–water partition coefficient (Wildman–Crippen LogP) is 4.16. The van der Waals surface area contributed by atoms with Gasteiger partial charge in [0.15, 0.2) is 5.60 Å². The number of fused-ring (bicyclic) bond motifs is 3. The molecule has 0 aromatic heterocycles. The summed E-state index contributed by atoms with van der Waals surface area (Å²) in [5.41, 5.74) is 2.61. The van der Waals surface area contributed by atoms with Gasteiger partial charge in [-0.25, -0.2) is 4.79 Å². The van der Waals surface area contributed by atoms with Crippen LogP contribution in [0.25, 0.3) is 0 Å².